The summed E-state index contributed by atoms with van der Waals surface area (Å²) < 4.78 is 53.8. The van der Waals surface area contributed by atoms with E-state index in [2.05, 4.69) is 5.32 Å². The lowest BCUT2D eigenvalue weighted by Crippen LogP contribution is -2.52. The first-order chi connectivity index (χ1) is 13.3. The van der Waals surface area contributed by atoms with E-state index < -0.39 is 39.6 Å². The van der Waals surface area contributed by atoms with Crippen LogP contribution >= 0.6 is 0 Å². The van der Waals surface area contributed by atoms with Crippen LogP contribution in [-0.2, 0) is 14.8 Å². The third-order valence-electron chi connectivity index (χ3n) is 4.91. The molecule has 1 saturated heterocycles. The fraction of sp³-hybridized carbons (Fsp3) is 0.350. The predicted octanol–water partition coefficient (Wildman–Crippen LogP) is 3.39. The van der Waals surface area contributed by atoms with Crippen molar-refractivity contribution in [2.45, 2.75) is 43.2 Å². The van der Waals surface area contributed by atoms with Crippen LogP contribution in [0.4, 0.5) is 8.78 Å². The Hall–Kier alpha value is -2.32. The molecule has 1 heterocycles. The molecule has 2 aromatic rings. The van der Waals surface area contributed by atoms with Crippen molar-refractivity contribution >= 4 is 15.9 Å². The summed E-state index contributed by atoms with van der Waals surface area (Å²) >= 11 is 0. The number of carbonyl (C=O) groups excluding carboxylic acids is 1. The molecule has 2 aromatic carbocycles. The highest BCUT2D eigenvalue weighted by molar-refractivity contribution is 7.89. The molecule has 8 heteroatoms. The average Bonchev–Trinajstić information content (AvgIpc) is 2.70. The summed E-state index contributed by atoms with van der Waals surface area (Å²) in [5, 5.41) is 2.73. The SMILES string of the molecule is C[C@@H](NC(=O)[C@H]1CCCCN1S(=O)(=O)c1ccccc1)c1ccc(F)c(F)c1. The molecule has 1 amide bonds. The molecule has 0 radical (unpaired) electrons. The maximum atomic E-state index is 13.5. The first-order valence-corrected chi connectivity index (χ1v) is 10.6. The largest absolute Gasteiger partial charge is 0.348 e. The number of nitrogens with zero attached hydrogens (tertiary/aromatic N) is 1. The molecule has 0 spiro atoms. The lowest BCUT2D eigenvalue weighted by atomic mass is 10.0. The van der Waals surface area contributed by atoms with E-state index in [4.69, 9.17) is 0 Å². The Kier molecular flexibility index (Phi) is 6.10. The quantitative estimate of drug-likeness (QED) is 0.825. The molecule has 0 saturated carbocycles. The van der Waals surface area contributed by atoms with Gasteiger partial charge in [0.1, 0.15) is 6.04 Å². The van der Waals surface area contributed by atoms with E-state index in [1.807, 2.05) is 0 Å². The average molecular weight is 408 g/mol. The molecule has 1 aliphatic rings. The molecular weight excluding hydrogens is 386 g/mol. The number of benzene rings is 2. The number of sulfonamides is 1. The van der Waals surface area contributed by atoms with E-state index in [0.717, 1.165) is 18.6 Å². The highest BCUT2D eigenvalue weighted by atomic mass is 32.2. The zero-order chi connectivity index (χ0) is 20.3. The smallest absolute Gasteiger partial charge is 0.243 e. The van der Waals surface area contributed by atoms with Crippen LogP contribution in [0.1, 0.15) is 37.8 Å². The van der Waals surface area contributed by atoms with E-state index in [1.165, 1.54) is 22.5 Å². The predicted molar refractivity (Wildman–Crippen MR) is 101 cm³/mol. The highest BCUT2D eigenvalue weighted by Gasteiger charge is 2.37. The minimum Gasteiger partial charge on any atom is -0.348 e. The molecule has 0 bridgehead atoms. The monoisotopic (exact) mass is 408 g/mol. The van der Waals surface area contributed by atoms with Gasteiger partial charge in [-0.2, -0.15) is 4.31 Å². The van der Waals surface area contributed by atoms with E-state index in [0.29, 0.717) is 18.4 Å². The number of hydrogen-bond donors (Lipinski definition) is 1. The topological polar surface area (TPSA) is 66.5 Å². The van der Waals surface area contributed by atoms with Gasteiger partial charge in [0.25, 0.3) is 0 Å². The number of nitrogens with one attached hydrogen (secondary N) is 1. The Balaban J connectivity index is 1.79. The lowest BCUT2D eigenvalue weighted by molar-refractivity contribution is -0.126. The van der Waals surface area contributed by atoms with E-state index in [1.54, 1.807) is 25.1 Å². The third kappa shape index (κ3) is 4.23. The molecule has 3 rings (SSSR count). The summed E-state index contributed by atoms with van der Waals surface area (Å²) in [5.74, 6) is -2.41. The van der Waals surface area contributed by atoms with E-state index >= 15 is 0 Å². The number of carbonyl (C=O) groups is 1. The Labute approximate surface area is 163 Å². The number of halogens is 2. The second kappa shape index (κ2) is 8.36. The molecule has 5 nitrogen and oxygen atoms in total. The zero-order valence-corrected chi connectivity index (χ0v) is 16.3. The summed E-state index contributed by atoms with van der Waals surface area (Å²) in [4.78, 5) is 13.0. The molecule has 1 N–H and O–H groups in total. The fourth-order valence-electron chi connectivity index (χ4n) is 3.36. The Morgan fingerprint density at radius 2 is 1.82 bits per heavy atom. The Morgan fingerprint density at radius 3 is 2.50 bits per heavy atom. The Bertz CT molecular complexity index is 951. The number of amides is 1. The molecule has 28 heavy (non-hydrogen) atoms. The number of piperidine rings is 1. The fourth-order valence-corrected chi connectivity index (χ4v) is 5.03. The maximum Gasteiger partial charge on any atom is 0.243 e. The van der Waals surface area contributed by atoms with Crippen LogP contribution in [0, 0.1) is 11.6 Å². The molecule has 0 aromatic heterocycles. The molecule has 0 unspecified atom stereocenters. The van der Waals surface area contributed by atoms with Gasteiger partial charge in [0, 0.05) is 6.54 Å². The number of hydrogen-bond acceptors (Lipinski definition) is 3. The zero-order valence-electron chi connectivity index (χ0n) is 15.4. The summed E-state index contributed by atoms with van der Waals surface area (Å²) in [5.41, 5.74) is 0.403. The van der Waals surface area contributed by atoms with Gasteiger partial charge in [-0.3, -0.25) is 4.79 Å². The molecule has 1 fully saturated rings. The van der Waals surface area contributed by atoms with Gasteiger partial charge in [-0.05, 0) is 49.6 Å². The molecular formula is C20H22F2N2O3S. The van der Waals surface area contributed by atoms with Crippen molar-refractivity contribution in [1.82, 2.24) is 9.62 Å². The number of rotatable bonds is 5. The summed E-state index contributed by atoms with van der Waals surface area (Å²) in [6, 6.07) is 9.99. The van der Waals surface area contributed by atoms with Gasteiger partial charge in [-0.1, -0.05) is 30.7 Å². The van der Waals surface area contributed by atoms with Gasteiger partial charge in [-0.15, -0.1) is 0 Å². The first-order valence-electron chi connectivity index (χ1n) is 9.13. The minimum atomic E-state index is -3.81. The van der Waals surface area contributed by atoms with Gasteiger partial charge in [0.2, 0.25) is 15.9 Å². The van der Waals surface area contributed by atoms with Crippen molar-refractivity contribution in [1.29, 1.82) is 0 Å². The van der Waals surface area contributed by atoms with Crippen molar-refractivity contribution in [2.75, 3.05) is 6.54 Å². The van der Waals surface area contributed by atoms with Crippen molar-refractivity contribution in [3.05, 3.63) is 65.7 Å². The molecule has 150 valence electrons. The standard InChI is InChI=1S/C20H22F2N2O3S/c1-14(15-10-11-17(21)18(22)13-15)23-20(25)19-9-5-6-12-24(19)28(26,27)16-7-3-2-4-8-16/h2-4,7-8,10-11,13-14,19H,5-6,9,12H2,1H3,(H,23,25)/t14-,19-/m1/s1. The van der Waals surface area contributed by atoms with Gasteiger partial charge < -0.3 is 5.32 Å². The summed E-state index contributed by atoms with van der Waals surface area (Å²) in [6.07, 6.45) is 1.81. The van der Waals surface area contributed by atoms with Crippen LogP contribution in [-0.4, -0.2) is 31.2 Å². The highest BCUT2D eigenvalue weighted by Crippen LogP contribution is 2.26. The first kappa shape index (κ1) is 20.4. The van der Waals surface area contributed by atoms with E-state index in [-0.39, 0.29) is 11.4 Å². The van der Waals surface area contributed by atoms with Crippen molar-refractivity contribution in [2.24, 2.45) is 0 Å². The van der Waals surface area contributed by atoms with E-state index in [9.17, 15) is 22.0 Å². The Morgan fingerprint density at radius 1 is 1.11 bits per heavy atom. The van der Waals surface area contributed by atoms with Crippen molar-refractivity contribution in [3.63, 3.8) is 0 Å². The molecule has 0 aliphatic carbocycles. The second-order valence-corrected chi connectivity index (χ2v) is 8.73. The summed E-state index contributed by atoms with van der Waals surface area (Å²) in [6.45, 7) is 1.90. The van der Waals surface area contributed by atoms with Crippen molar-refractivity contribution < 1.29 is 22.0 Å². The summed E-state index contributed by atoms with van der Waals surface area (Å²) in [7, 11) is -3.81. The van der Waals surface area contributed by atoms with Gasteiger partial charge in [0.15, 0.2) is 11.6 Å². The van der Waals surface area contributed by atoms with Crippen molar-refractivity contribution in [3.8, 4) is 0 Å². The molecule has 1 aliphatic heterocycles. The van der Waals surface area contributed by atoms with Gasteiger partial charge in [0.05, 0.1) is 10.9 Å². The van der Waals surface area contributed by atoms with Crippen LogP contribution in [0.3, 0.4) is 0 Å². The molecule has 2 atom stereocenters. The van der Waals surface area contributed by atoms with Gasteiger partial charge in [-0.25, -0.2) is 17.2 Å². The minimum absolute atomic E-state index is 0.142. The van der Waals surface area contributed by atoms with Crippen LogP contribution in [0.5, 0.6) is 0 Å². The van der Waals surface area contributed by atoms with Crippen LogP contribution in [0.25, 0.3) is 0 Å². The van der Waals surface area contributed by atoms with Crippen LogP contribution in [0.15, 0.2) is 53.4 Å². The van der Waals surface area contributed by atoms with Crippen LogP contribution < -0.4 is 5.32 Å². The van der Waals surface area contributed by atoms with Crippen LogP contribution in [0.2, 0.25) is 0 Å². The normalized spacial score (nSPS) is 19.2. The lowest BCUT2D eigenvalue weighted by Gasteiger charge is -2.34. The maximum absolute atomic E-state index is 13.5. The van der Waals surface area contributed by atoms with Gasteiger partial charge >= 0.3 is 0 Å². The third-order valence-corrected chi connectivity index (χ3v) is 6.83. The second-order valence-electron chi connectivity index (χ2n) is 6.84.